The molecular weight excluding hydrogens is 222 g/mol. The van der Waals surface area contributed by atoms with Gasteiger partial charge in [-0.15, -0.1) is 0 Å². The molecule has 0 fully saturated rings. The summed E-state index contributed by atoms with van der Waals surface area (Å²) in [4.78, 5) is 0. The maximum absolute atomic E-state index is 5.97. The van der Waals surface area contributed by atoms with Crippen molar-refractivity contribution in [1.29, 1.82) is 0 Å². The molecule has 0 aromatic heterocycles. The van der Waals surface area contributed by atoms with Crippen LogP contribution in [0.15, 0.2) is 18.2 Å². The SMILES string of the molecule is CCCNCCCCC1Cc2cc(C)ccc2O1. The minimum absolute atomic E-state index is 0.410. The van der Waals surface area contributed by atoms with E-state index in [1.54, 1.807) is 0 Å². The van der Waals surface area contributed by atoms with Gasteiger partial charge in [0.05, 0.1) is 0 Å². The minimum Gasteiger partial charge on any atom is -0.490 e. The average molecular weight is 247 g/mol. The van der Waals surface area contributed by atoms with Gasteiger partial charge in [0.2, 0.25) is 0 Å². The van der Waals surface area contributed by atoms with Gasteiger partial charge in [-0.2, -0.15) is 0 Å². The lowest BCUT2D eigenvalue weighted by Gasteiger charge is -2.10. The van der Waals surface area contributed by atoms with E-state index in [0.717, 1.165) is 25.3 Å². The van der Waals surface area contributed by atoms with E-state index in [-0.39, 0.29) is 0 Å². The zero-order chi connectivity index (χ0) is 12.8. The van der Waals surface area contributed by atoms with E-state index in [1.165, 1.54) is 36.8 Å². The third kappa shape index (κ3) is 3.74. The molecule has 0 amide bonds. The van der Waals surface area contributed by atoms with Crippen molar-refractivity contribution in [2.45, 2.75) is 52.1 Å². The van der Waals surface area contributed by atoms with Crippen LogP contribution in [-0.4, -0.2) is 19.2 Å². The third-order valence-electron chi connectivity index (χ3n) is 3.51. The molecule has 0 bridgehead atoms. The number of hydrogen-bond acceptors (Lipinski definition) is 2. The minimum atomic E-state index is 0.410. The fourth-order valence-corrected chi connectivity index (χ4v) is 2.53. The lowest BCUT2D eigenvalue weighted by Crippen LogP contribution is -2.17. The van der Waals surface area contributed by atoms with E-state index in [2.05, 4.69) is 37.4 Å². The molecule has 0 saturated carbocycles. The quantitative estimate of drug-likeness (QED) is 0.745. The van der Waals surface area contributed by atoms with Gasteiger partial charge in [0.15, 0.2) is 0 Å². The molecule has 0 radical (unpaired) electrons. The van der Waals surface area contributed by atoms with E-state index in [1.807, 2.05) is 0 Å². The third-order valence-corrected chi connectivity index (χ3v) is 3.51. The van der Waals surface area contributed by atoms with Gasteiger partial charge in [0.25, 0.3) is 0 Å². The summed E-state index contributed by atoms with van der Waals surface area (Å²) in [5.41, 5.74) is 2.73. The van der Waals surface area contributed by atoms with Gasteiger partial charge in [-0.1, -0.05) is 24.6 Å². The van der Waals surface area contributed by atoms with Crippen molar-refractivity contribution >= 4 is 0 Å². The van der Waals surface area contributed by atoms with Gasteiger partial charge < -0.3 is 10.1 Å². The van der Waals surface area contributed by atoms with Crippen LogP contribution in [0.25, 0.3) is 0 Å². The van der Waals surface area contributed by atoms with Crippen LogP contribution >= 0.6 is 0 Å². The van der Waals surface area contributed by atoms with Crippen LogP contribution in [0.1, 0.15) is 43.7 Å². The van der Waals surface area contributed by atoms with Gasteiger partial charge in [0.1, 0.15) is 11.9 Å². The summed E-state index contributed by atoms with van der Waals surface area (Å²) in [7, 11) is 0. The molecule has 2 heteroatoms. The standard InChI is InChI=1S/C16H25NO/c1-3-9-17-10-5-4-6-15-12-14-11-13(2)7-8-16(14)18-15/h7-8,11,15,17H,3-6,9-10,12H2,1-2H3. The Hall–Kier alpha value is -1.02. The van der Waals surface area contributed by atoms with E-state index in [0.29, 0.717) is 6.10 Å². The smallest absolute Gasteiger partial charge is 0.123 e. The van der Waals surface area contributed by atoms with Crippen LogP contribution in [0.2, 0.25) is 0 Å². The summed E-state index contributed by atoms with van der Waals surface area (Å²) in [6.07, 6.45) is 6.43. The predicted molar refractivity (Wildman–Crippen MR) is 76.3 cm³/mol. The number of rotatable bonds is 7. The molecule has 1 aromatic rings. The van der Waals surface area contributed by atoms with Gasteiger partial charge in [0, 0.05) is 6.42 Å². The second-order valence-corrected chi connectivity index (χ2v) is 5.30. The van der Waals surface area contributed by atoms with E-state index in [9.17, 15) is 0 Å². The monoisotopic (exact) mass is 247 g/mol. The first-order valence-electron chi connectivity index (χ1n) is 7.26. The van der Waals surface area contributed by atoms with Crippen molar-refractivity contribution in [3.05, 3.63) is 29.3 Å². The largest absolute Gasteiger partial charge is 0.490 e. The Bertz CT molecular complexity index is 375. The molecule has 18 heavy (non-hydrogen) atoms. The highest BCUT2D eigenvalue weighted by Crippen LogP contribution is 2.31. The summed E-state index contributed by atoms with van der Waals surface area (Å²) in [5.74, 6) is 1.11. The highest BCUT2D eigenvalue weighted by Gasteiger charge is 2.21. The summed E-state index contributed by atoms with van der Waals surface area (Å²) >= 11 is 0. The van der Waals surface area contributed by atoms with Crippen LogP contribution in [0, 0.1) is 6.92 Å². The second kappa shape index (κ2) is 6.79. The van der Waals surface area contributed by atoms with Crippen LogP contribution in [0.4, 0.5) is 0 Å². The number of aryl methyl sites for hydroxylation is 1. The van der Waals surface area contributed by atoms with E-state index >= 15 is 0 Å². The molecule has 100 valence electrons. The Morgan fingerprint density at radius 1 is 1.28 bits per heavy atom. The first-order valence-corrected chi connectivity index (χ1v) is 7.26. The van der Waals surface area contributed by atoms with Crippen molar-refractivity contribution in [3.8, 4) is 5.75 Å². The topological polar surface area (TPSA) is 21.3 Å². The Morgan fingerprint density at radius 3 is 3.00 bits per heavy atom. The molecule has 1 N–H and O–H groups in total. The number of benzene rings is 1. The molecule has 1 aliphatic rings. The summed E-state index contributed by atoms with van der Waals surface area (Å²) in [6.45, 7) is 6.64. The molecule has 2 rings (SSSR count). The molecule has 0 saturated heterocycles. The lowest BCUT2D eigenvalue weighted by atomic mass is 10.0. The maximum Gasteiger partial charge on any atom is 0.123 e. The summed E-state index contributed by atoms with van der Waals surface area (Å²) < 4.78 is 5.97. The maximum atomic E-state index is 5.97. The fourth-order valence-electron chi connectivity index (χ4n) is 2.53. The molecule has 1 atom stereocenters. The Kier molecular flexibility index (Phi) is 5.06. The van der Waals surface area contributed by atoms with Crippen molar-refractivity contribution in [2.75, 3.05) is 13.1 Å². The molecule has 1 aromatic carbocycles. The Morgan fingerprint density at radius 2 is 2.17 bits per heavy atom. The Labute approximate surface area is 111 Å². The molecule has 1 aliphatic heterocycles. The predicted octanol–water partition coefficient (Wildman–Crippen LogP) is 3.47. The highest BCUT2D eigenvalue weighted by atomic mass is 16.5. The van der Waals surface area contributed by atoms with Crippen molar-refractivity contribution < 1.29 is 4.74 Å². The summed E-state index contributed by atoms with van der Waals surface area (Å²) in [5, 5.41) is 3.44. The molecule has 0 spiro atoms. The zero-order valence-corrected chi connectivity index (χ0v) is 11.7. The van der Waals surface area contributed by atoms with Crippen LogP contribution in [-0.2, 0) is 6.42 Å². The summed E-state index contributed by atoms with van der Waals surface area (Å²) in [6, 6.07) is 6.52. The van der Waals surface area contributed by atoms with Gasteiger partial charge in [-0.25, -0.2) is 0 Å². The van der Waals surface area contributed by atoms with Crippen LogP contribution in [0.5, 0.6) is 5.75 Å². The number of fused-ring (bicyclic) bond motifs is 1. The molecule has 0 aliphatic carbocycles. The molecular formula is C16H25NO. The number of hydrogen-bond donors (Lipinski definition) is 1. The van der Waals surface area contributed by atoms with Crippen molar-refractivity contribution in [3.63, 3.8) is 0 Å². The van der Waals surface area contributed by atoms with Crippen LogP contribution in [0.3, 0.4) is 0 Å². The average Bonchev–Trinajstić information content (AvgIpc) is 2.75. The number of unbranched alkanes of at least 4 members (excludes halogenated alkanes) is 1. The first kappa shape index (κ1) is 13.4. The van der Waals surface area contributed by atoms with Gasteiger partial charge >= 0.3 is 0 Å². The molecule has 1 heterocycles. The highest BCUT2D eigenvalue weighted by molar-refractivity contribution is 5.40. The fraction of sp³-hybridized carbons (Fsp3) is 0.625. The lowest BCUT2D eigenvalue weighted by molar-refractivity contribution is 0.216. The molecule has 1 unspecified atom stereocenters. The van der Waals surface area contributed by atoms with Gasteiger partial charge in [-0.05, 0) is 57.3 Å². The zero-order valence-electron chi connectivity index (χ0n) is 11.7. The first-order chi connectivity index (χ1) is 8.79. The Balaban J connectivity index is 1.65. The normalized spacial score (nSPS) is 17.6. The van der Waals surface area contributed by atoms with Crippen molar-refractivity contribution in [1.82, 2.24) is 5.32 Å². The van der Waals surface area contributed by atoms with Gasteiger partial charge in [-0.3, -0.25) is 0 Å². The van der Waals surface area contributed by atoms with E-state index < -0.39 is 0 Å². The van der Waals surface area contributed by atoms with E-state index in [4.69, 9.17) is 4.74 Å². The van der Waals surface area contributed by atoms with Crippen molar-refractivity contribution in [2.24, 2.45) is 0 Å². The van der Waals surface area contributed by atoms with Crippen LogP contribution < -0.4 is 10.1 Å². The number of ether oxygens (including phenoxy) is 1. The molecule has 2 nitrogen and oxygen atoms in total. The number of nitrogens with one attached hydrogen (secondary N) is 1. The second-order valence-electron chi connectivity index (χ2n) is 5.30.